The third-order valence-corrected chi connectivity index (χ3v) is 5.20. The highest BCUT2D eigenvalue weighted by Crippen LogP contribution is 2.23. The monoisotopic (exact) mass is 398 g/mol. The first-order valence-electron chi connectivity index (χ1n) is 6.58. The Morgan fingerprint density at radius 2 is 1.87 bits per heavy atom. The largest absolute Gasteiger partial charge is 0.484 e. The number of nitrogens with two attached hydrogens (primary N) is 1. The summed E-state index contributed by atoms with van der Waals surface area (Å²) < 4.78 is 33.1. The van der Waals surface area contributed by atoms with Crippen LogP contribution in [0.3, 0.4) is 0 Å². The third kappa shape index (κ3) is 4.70. The molecule has 0 aliphatic heterocycles. The molecule has 0 saturated carbocycles. The van der Waals surface area contributed by atoms with Crippen LogP contribution in [-0.4, -0.2) is 20.9 Å². The zero-order valence-corrected chi connectivity index (χ0v) is 14.6. The second-order valence-corrected chi connectivity index (χ2v) is 7.33. The van der Waals surface area contributed by atoms with E-state index in [1.54, 1.807) is 36.4 Å². The summed E-state index contributed by atoms with van der Waals surface area (Å²) in [6, 6.07) is 11.0. The van der Waals surface area contributed by atoms with Crippen molar-refractivity contribution in [3.05, 3.63) is 52.5 Å². The number of hydrogen-bond acceptors (Lipinski definition) is 4. The maximum Gasteiger partial charge on any atom is 0.261 e. The minimum Gasteiger partial charge on any atom is -0.484 e. The predicted molar refractivity (Wildman–Crippen MR) is 90.8 cm³/mol. The topological polar surface area (TPSA) is 98.5 Å². The number of aryl methyl sites for hydroxylation is 1. The van der Waals surface area contributed by atoms with E-state index in [-0.39, 0.29) is 11.5 Å². The Hall–Kier alpha value is -2.06. The summed E-state index contributed by atoms with van der Waals surface area (Å²) >= 11 is 3.33. The highest BCUT2D eigenvalue weighted by atomic mass is 79.9. The number of sulfonamides is 1. The van der Waals surface area contributed by atoms with E-state index in [1.165, 1.54) is 6.07 Å². The van der Waals surface area contributed by atoms with Crippen molar-refractivity contribution in [1.82, 2.24) is 0 Å². The van der Waals surface area contributed by atoms with E-state index in [4.69, 9.17) is 10.5 Å². The number of ether oxygens (including phenoxy) is 1. The number of rotatable bonds is 6. The van der Waals surface area contributed by atoms with Gasteiger partial charge in [-0.1, -0.05) is 15.9 Å². The lowest BCUT2D eigenvalue weighted by atomic mass is 10.2. The molecule has 0 aliphatic rings. The number of nitrogens with one attached hydrogen (secondary N) is 1. The van der Waals surface area contributed by atoms with Gasteiger partial charge in [0, 0.05) is 10.2 Å². The van der Waals surface area contributed by atoms with Crippen molar-refractivity contribution in [3.8, 4) is 5.75 Å². The Morgan fingerprint density at radius 3 is 2.43 bits per heavy atom. The van der Waals surface area contributed by atoms with Gasteiger partial charge in [0.2, 0.25) is 0 Å². The summed E-state index contributed by atoms with van der Waals surface area (Å²) in [7, 11) is -3.68. The normalized spacial score (nSPS) is 11.0. The van der Waals surface area contributed by atoms with Gasteiger partial charge in [-0.05, 0) is 55.0 Å². The maximum absolute atomic E-state index is 12.3. The quantitative estimate of drug-likeness (QED) is 0.780. The lowest BCUT2D eigenvalue weighted by Gasteiger charge is -2.10. The molecule has 3 N–H and O–H groups in total. The number of hydrogen-bond donors (Lipinski definition) is 2. The van der Waals surface area contributed by atoms with Gasteiger partial charge in [-0.2, -0.15) is 0 Å². The first kappa shape index (κ1) is 17.3. The molecule has 0 aliphatic carbocycles. The number of amides is 1. The van der Waals surface area contributed by atoms with E-state index in [2.05, 4.69) is 20.7 Å². The molecule has 2 aromatic carbocycles. The van der Waals surface area contributed by atoms with Crippen molar-refractivity contribution >= 4 is 37.5 Å². The van der Waals surface area contributed by atoms with E-state index >= 15 is 0 Å². The second kappa shape index (κ2) is 7.01. The van der Waals surface area contributed by atoms with Crippen LogP contribution in [0.1, 0.15) is 5.56 Å². The Labute approximate surface area is 142 Å². The molecule has 2 aromatic rings. The lowest BCUT2D eigenvalue weighted by Crippen LogP contribution is -2.20. The second-order valence-electron chi connectivity index (χ2n) is 4.80. The molecular formula is C15H15BrN2O4S. The first-order valence-corrected chi connectivity index (χ1v) is 8.86. The number of carbonyl (C=O) groups is 1. The minimum atomic E-state index is -3.68. The molecule has 0 spiro atoms. The smallest absolute Gasteiger partial charge is 0.261 e. The Kier molecular flexibility index (Phi) is 5.27. The number of benzene rings is 2. The van der Waals surface area contributed by atoms with Gasteiger partial charge in [0.05, 0.1) is 4.90 Å². The fraction of sp³-hybridized carbons (Fsp3) is 0.133. The van der Waals surface area contributed by atoms with Crippen LogP contribution in [0.2, 0.25) is 0 Å². The van der Waals surface area contributed by atoms with Gasteiger partial charge in [-0.15, -0.1) is 0 Å². The predicted octanol–water partition coefficient (Wildman–Crippen LogP) is 2.42. The van der Waals surface area contributed by atoms with E-state index in [0.717, 1.165) is 10.0 Å². The van der Waals surface area contributed by atoms with E-state index < -0.39 is 15.9 Å². The highest BCUT2D eigenvalue weighted by molar-refractivity contribution is 9.10. The summed E-state index contributed by atoms with van der Waals surface area (Å²) in [5.41, 5.74) is 6.19. The minimum absolute atomic E-state index is 0.173. The summed E-state index contributed by atoms with van der Waals surface area (Å²) in [6.45, 7) is 1.58. The van der Waals surface area contributed by atoms with Crippen LogP contribution in [0.15, 0.2) is 51.8 Å². The highest BCUT2D eigenvalue weighted by Gasteiger charge is 2.15. The van der Waals surface area contributed by atoms with Gasteiger partial charge >= 0.3 is 0 Å². The van der Waals surface area contributed by atoms with Crippen molar-refractivity contribution in [1.29, 1.82) is 0 Å². The van der Waals surface area contributed by atoms with Crippen LogP contribution >= 0.6 is 15.9 Å². The average molecular weight is 399 g/mol. The maximum atomic E-state index is 12.3. The van der Waals surface area contributed by atoms with Crippen LogP contribution < -0.4 is 15.2 Å². The molecule has 2 rings (SSSR count). The van der Waals surface area contributed by atoms with Gasteiger partial charge in [-0.25, -0.2) is 8.42 Å². The molecule has 0 radical (unpaired) electrons. The molecule has 8 heteroatoms. The van der Waals surface area contributed by atoms with Crippen molar-refractivity contribution in [2.45, 2.75) is 11.8 Å². The van der Waals surface area contributed by atoms with Crippen LogP contribution in [-0.2, 0) is 14.8 Å². The first-order chi connectivity index (χ1) is 10.8. The van der Waals surface area contributed by atoms with Crippen molar-refractivity contribution in [2.75, 3.05) is 11.3 Å². The molecule has 0 heterocycles. The Balaban J connectivity index is 2.13. The van der Waals surface area contributed by atoms with Crippen molar-refractivity contribution < 1.29 is 17.9 Å². The summed E-state index contributed by atoms with van der Waals surface area (Å²) in [6.07, 6.45) is 0. The molecule has 6 nitrogen and oxygen atoms in total. The van der Waals surface area contributed by atoms with E-state index in [1.807, 2.05) is 6.92 Å². The third-order valence-electron chi connectivity index (χ3n) is 2.93. The molecule has 1 amide bonds. The van der Waals surface area contributed by atoms with Gasteiger partial charge < -0.3 is 10.5 Å². The zero-order valence-electron chi connectivity index (χ0n) is 12.2. The van der Waals surface area contributed by atoms with Crippen LogP contribution in [0.25, 0.3) is 0 Å². The Morgan fingerprint density at radius 1 is 1.22 bits per heavy atom. The van der Waals surface area contributed by atoms with Crippen molar-refractivity contribution in [3.63, 3.8) is 0 Å². The van der Waals surface area contributed by atoms with E-state index in [0.29, 0.717) is 11.4 Å². The molecule has 122 valence electrons. The standard InChI is InChI=1S/C15H15BrN2O4S/c1-10-8-13(6-7-14(10)16)23(20,21)18-11-2-4-12(5-3-11)22-9-15(17)19/h2-8,18H,9H2,1H3,(H2,17,19). The fourth-order valence-corrected chi connectivity index (χ4v) is 3.16. The van der Waals surface area contributed by atoms with Gasteiger partial charge in [0.25, 0.3) is 15.9 Å². The SMILES string of the molecule is Cc1cc(S(=O)(=O)Nc2ccc(OCC(N)=O)cc2)ccc1Br. The molecule has 0 aromatic heterocycles. The summed E-state index contributed by atoms with van der Waals surface area (Å²) in [4.78, 5) is 10.8. The van der Waals surface area contributed by atoms with E-state index in [9.17, 15) is 13.2 Å². The lowest BCUT2D eigenvalue weighted by molar-refractivity contribution is -0.119. The molecule has 0 unspecified atom stereocenters. The molecule has 23 heavy (non-hydrogen) atoms. The van der Waals surface area contributed by atoms with Gasteiger partial charge in [0.15, 0.2) is 6.61 Å². The Bertz CT molecular complexity index is 820. The fourth-order valence-electron chi connectivity index (χ4n) is 1.77. The zero-order chi connectivity index (χ0) is 17.0. The average Bonchev–Trinajstić information content (AvgIpc) is 2.49. The van der Waals surface area contributed by atoms with Crippen LogP contribution in [0.4, 0.5) is 5.69 Å². The summed E-state index contributed by atoms with van der Waals surface area (Å²) in [5.74, 6) is -0.161. The van der Waals surface area contributed by atoms with Crippen molar-refractivity contribution in [2.24, 2.45) is 5.73 Å². The number of primary amides is 1. The molecule has 0 saturated heterocycles. The number of halogens is 1. The van der Waals surface area contributed by atoms with Gasteiger partial charge in [-0.3, -0.25) is 9.52 Å². The van der Waals surface area contributed by atoms with Crippen LogP contribution in [0.5, 0.6) is 5.75 Å². The molecule has 0 fully saturated rings. The number of carbonyl (C=O) groups excluding carboxylic acids is 1. The molecular weight excluding hydrogens is 384 g/mol. The van der Waals surface area contributed by atoms with Gasteiger partial charge in [0.1, 0.15) is 5.75 Å². The summed E-state index contributed by atoms with van der Waals surface area (Å²) in [5, 5.41) is 0. The van der Waals surface area contributed by atoms with Crippen LogP contribution in [0, 0.1) is 6.92 Å². The molecule has 0 bridgehead atoms. The molecule has 0 atom stereocenters. The number of anilines is 1.